The van der Waals surface area contributed by atoms with Gasteiger partial charge in [-0.05, 0) is 25.7 Å². The third-order valence-corrected chi connectivity index (χ3v) is 3.80. The van der Waals surface area contributed by atoms with E-state index in [1.165, 1.54) is 25.7 Å². The molecule has 2 rings (SSSR count). The number of aromatic nitrogens is 2. The van der Waals surface area contributed by atoms with Gasteiger partial charge >= 0.3 is 0 Å². The van der Waals surface area contributed by atoms with Gasteiger partial charge in [-0.15, -0.1) is 0 Å². The summed E-state index contributed by atoms with van der Waals surface area (Å²) >= 11 is 0. The summed E-state index contributed by atoms with van der Waals surface area (Å²) in [4.78, 5) is 9.10. The standard InChI is InChI=1S/C15H25N3O/c1-10(2)13-17-14(16-4)11(3)15(18-13)19-9-12-7-5-6-8-12/h10,12H,5-9H2,1-4H3,(H,16,17,18). The molecule has 1 aliphatic carbocycles. The number of rotatable bonds is 5. The number of hydrogen-bond acceptors (Lipinski definition) is 4. The Balaban J connectivity index is 2.14. The molecule has 1 N–H and O–H groups in total. The summed E-state index contributed by atoms with van der Waals surface area (Å²) in [5.41, 5.74) is 1.00. The predicted octanol–water partition coefficient (Wildman–Crippen LogP) is 3.52. The second-order valence-corrected chi connectivity index (χ2v) is 5.73. The monoisotopic (exact) mass is 263 g/mol. The van der Waals surface area contributed by atoms with E-state index in [0.29, 0.717) is 11.8 Å². The van der Waals surface area contributed by atoms with Crippen molar-refractivity contribution in [1.29, 1.82) is 0 Å². The molecule has 0 unspecified atom stereocenters. The van der Waals surface area contributed by atoms with Crippen LogP contribution in [0.5, 0.6) is 5.88 Å². The van der Waals surface area contributed by atoms with Gasteiger partial charge in [0.25, 0.3) is 0 Å². The molecule has 1 fully saturated rings. The molecule has 1 saturated carbocycles. The number of ether oxygens (including phenoxy) is 1. The van der Waals surface area contributed by atoms with Crippen molar-refractivity contribution in [2.24, 2.45) is 5.92 Å². The maximum absolute atomic E-state index is 5.96. The summed E-state index contributed by atoms with van der Waals surface area (Å²) in [5, 5.41) is 3.13. The van der Waals surface area contributed by atoms with Gasteiger partial charge in [0.2, 0.25) is 5.88 Å². The van der Waals surface area contributed by atoms with Crippen LogP contribution >= 0.6 is 0 Å². The fourth-order valence-electron chi connectivity index (χ4n) is 2.53. The number of nitrogens with one attached hydrogen (secondary N) is 1. The van der Waals surface area contributed by atoms with Gasteiger partial charge < -0.3 is 10.1 Å². The van der Waals surface area contributed by atoms with Crippen LogP contribution < -0.4 is 10.1 Å². The van der Waals surface area contributed by atoms with Gasteiger partial charge in [-0.3, -0.25) is 0 Å². The average molecular weight is 263 g/mol. The first-order chi connectivity index (χ1) is 9.11. The zero-order valence-corrected chi connectivity index (χ0v) is 12.5. The van der Waals surface area contributed by atoms with Crippen molar-refractivity contribution in [3.63, 3.8) is 0 Å². The Morgan fingerprint density at radius 3 is 2.53 bits per heavy atom. The second-order valence-electron chi connectivity index (χ2n) is 5.73. The van der Waals surface area contributed by atoms with Gasteiger partial charge in [0.05, 0.1) is 12.2 Å². The lowest BCUT2D eigenvalue weighted by atomic mass is 10.1. The van der Waals surface area contributed by atoms with E-state index in [1.807, 2.05) is 14.0 Å². The molecule has 0 aromatic carbocycles. The maximum atomic E-state index is 5.96. The van der Waals surface area contributed by atoms with Crippen LogP contribution in [-0.4, -0.2) is 23.6 Å². The van der Waals surface area contributed by atoms with E-state index in [0.717, 1.165) is 29.7 Å². The Morgan fingerprint density at radius 1 is 1.26 bits per heavy atom. The van der Waals surface area contributed by atoms with Crippen molar-refractivity contribution in [2.45, 2.75) is 52.4 Å². The van der Waals surface area contributed by atoms with Crippen molar-refractivity contribution in [2.75, 3.05) is 19.0 Å². The van der Waals surface area contributed by atoms with Gasteiger partial charge in [-0.1, -0.05) is 26.7 Å². The fourth-order valence-corrected chi connectivity index (χ4v) is 2.53. The maximum Gasteiger partial charge on any atom is 0.221 e. The molecule has 0 radical (unpaired) electrons. The van der Waals surface area contributed by atoms with E-state index in [1.54, 1.807) is 0 Å². The van der Waals surface area contributed by atoms with Gasteiger partial charge in [0.1, 0.15) is 11.6 Å². The largest absolute Gasteiger partial charge is 0.477 e. The minimum atomic E-state index is 0.307. The molecule has 0 atom stereocenters. The highest BCUT2D eigenvalue weighted by Gasteiger charge is 2.18. The Kier molecular flexibility index (Phi) is 4.61. The number of hydrogen-bond donors (Lipinski definition) is 1. The van der Waals surface area contributed by atoms with E-state index in [9.17, 15) is 0 Å². The molecule has 1 aliphatic rings. The smallest absolute Gasteiger partial charge is 0.221 e. The van der Waals surface area contributed by atoms with Crippen molar-refractivity contribution < 1.29 is 4.74 Å². The molecule has 0 aliphatic heterocycles. The van der Waals surface area contributed by atoms with E-state index in [-0.39, 0.29) is 0 Å². The lowest BCUT2D eigenvalue weighted by molar-refractivity contribution is 0.241. The van der Waals surface area contributed by atoms with Crippen LogP contribution in [0.1, 0.15) is 56.8 Å². The fraction of sp³-hybridized carbons (Fsp3) is 0.733. The van der Waals surface area contributed by atoms with Crippen molar-refractivity contribution in [1.82, 2.24) is 9.97 Å². The second kappa shape index (κ2) is 6.22. The normalized spacial score (nSPS) is 16.1. The molecule has 0 bridgehead atoms. The summed E-state index contributed by atoms with van der Waals surface area (Å²) in [6.45, 7) is 7.01. The topological polar surface area (TPSA) is 47.0 Å². The minimum absolute atomic E-state index is 0.307. The van der Waals surface area contributed by atoms with Gasteiger partial charge in [0, 0.05) is 13.0 Å². The molecule has 106 valence electrons. The molecule has 1 aromatic rings. The van der Waals surface area contributed by atoms with Crippen LogP contribution in [0.4, 0.5) is 5.82 Å². The zero-order chi connectivity index (χ0) is 13.8. The van der Waals surface area contributed by atoms with Crippen LogP contribution in [0.15, 0.2) is 0 Å². The molecule has 1 heterocycles. The molecular weight excluding hydrogens is 238 g/mol. The van der Waals surface area contributed by atoms with Crippen LogP contribution in [0.25, 0.3) is 0 Å². The zero-order valence-electron chi connectivity index (χ0n) is 12.5. The van der Waals surface area contributed by atoms with Gasteiger partial charge in [-0.25, -0.2) is 4.98 Å². The van der Waals surface area contributed by atoms with Crippen LogP contribution in [-0.2, 0) is 0 Å². The number of anilines is 1. The molecule has 1 aromatic heterocycles. The lowest BCUT2D eigenvalue weighted by Gasteiger charge is -2.16. The van der Waals surface area contributed by atoms with Crippen LogP contribution in [0.2, 0.25) is 0 Å². The third kappa shape index (κ3) is 3.37. The van der Waals surface area contributed by atoms with Crippen LogP contribution in [0, 0.1) is 12.8 Å². The third-order valence-electron chi connectivity index (χ3n) is 3.80. The summed E-state index contributed by atoms with van der Waals surface area (Å²) in [6.07, 6.45) is 5.27. The molecule has 0 saturated heterocycles. The van der Waals surface area contributed by atoms with Crippen LogP contribution in [0.3, 0.4) is 0 Å². The molecule has 4 nitrogen and oxygen atoms in total. The quantitative estimate of drug-likeness (QED) is 0.883. The van der Waals surface area contributed by atoms with Crippen molar-refractivity contribution >= 4 is 5.82 Å². The first-order valence-electron chi connectivity index (χ1n) is 7.31. The molecule has 0 amide bonds. The minimum Gasteiger partial charge on any atom is -0.477 e. The van der Waals surface area contributed by atoms with Gasteiger partial charge in [0.15, 0.2) is 0 Å². The van der Waals surface area contributed by atoms with E-state index in [4.69, 9.17) is 4.74 Å². The number of nitrogens with zero attached hydrogens (tertiary/aromatic N) is 2. The lowest BCUT2D eigenvalue weighted by Crippen LogP contribution is -2.13. The Hall–Kier alpha value is -1.32. The summed E-state index contributed by atoms with van der Waals surface area (Å²) in [7, 11) is 1.89. The first kappa shape index (κ1) is 14.1. The molecule has 19 heavy (non-hydrogen) atoms. The first-order valence-corrected chi connectivity index (χ1v) is 7.31. The SMILES string of the molecule is CNc1nc(C(C)C)nc(OCC2CCCC2)c1C. The average Bonchev–Trinajstić information content (AvgIpc) is 2.90. The highest BCUT2D eigenvalue weighted by molar-refractivity contribution is 5.48. The summed E-state index contributed by atoms with van der Waals surface area (Å²) < 4.78 is 5.96. The molecular formula is C15H25N3O. The Morgan fingerprint density at radius 2 is 1.95 bits per heavy atom. The summed E-state index contributed by atoms with van der Waals surface area (Å²) in [5.74, 6) is 3.47. The highest BCUT2D eigenvalue weighted by atomic mass is 16.5. The molecule has 4 heteroatoms. The van der Waals surface area contributed by atoms with Gasteiger partial charge in [-0.2, -0.15) is 4.98 Å². The Labute approximate surface area is 116 Å². The van der Waals surface area contributed by atoms with Crippen molar-refractivity contribution in [3.05, 3.63) is 11.4 Å². The highest BCUT2D eigenvalue weighted by Crippen LogP contribution is 2.28. The summed E-state index contributed by atoms with van der Waals surface area (Å²) in [6, 6.07) is 0. The van der Waals surface area contributed by atoms with E-state index in [2.05, 4.69) is 29.1 Å². The molecule has 0 spiro atoms. The Bertz CT molecular complexity index is 426. The van der Waals surface area contributed by atoms with Crippen molar-refractivity contribution in [3.8, 4) is 5.88 Å². The van der Waals surface area contributed by atoms with E-state index >= 15 is 0 Å². The van der Waals surface area contributed by atoms with E-state index < -0.39 is 0 Å². The predicted molar refractivity (Wildman–Crippen MR) is 77.9 cm³/mol.